The van der Waals surface area contributed by atoms with Gasteiger partial charge in [0.25, 0.3) is 11.8 Å². The molecule has 142 valence electrons. The number of aryl methyl sites for hydroxylation is 2. The lowest BCUT2D eigenvalue weighted by atomic mass is 10.2. The van der Waals surface area contributed by atoms with E-state index in [1.807, 2.05) is 32.0 Å². The molecular formula is C19H19ClN2O4S. The first-order valence-corrected chi connectivity index (χ1v) is 9.42. The zero-order valence-electron chi connectivity index (χ0n) is 14.9. The summed E-state index contributed by atoms with van der Waals surface area (Å²) in [5, 5.41) is 0.501. The van der Waals surface area contributed by atoms with E-state index in [0.29, 0.717) is 10.6 Å². The molecule has 0 fully saturated rings. The first-order valence-electron chi connectivity index (χ1n) is 8.05. The van der Waals surface area contributed by atoms with Crippen LogP contribution in [0.5, 0.6) is 0 Å². The number of ether oxygens (including phenoxy) is 1. The highest BCUT2D eigenvalue weighted by Crippen LogP contribution is 2.23. The van der Waals surface area contributed by atoms with Crippen molar-refractivity contribution in [3.8, 4) is 0 Å². The van der Waals surface area contributed by atoms with Crippen molar-refractivity contribution in [3.05, 3.63) is 64.2 Å². The maximum absolute atomic E-state index is 11.8. The van der Waals surface area contributed by atoms with Gasteiger partial charge < -0.3 is 4.74 Å². The normalized spacial score (nSPS) is 10.2. The van der Waals surface area contributed by atoms with Crippen LogP contribution in [0.3, 0.4) is 0 Å². The fourth-order valence-corrected chi connectivity index (χ4v) is 3.07. The van der Waals surface area contributed by atoms with E-state index in [1.165, 1.54) is 23.9 Å². The second kappa shape index (κ2) is 9.99. The molecular weight excluding hydrogens is 388 g/mol. The molecule has 0 saturated carbocycles. The van der Waals surface area contributed by atoms with E-state index in [2.05, 4.69) is 10.9 Å². The summed E-state index contributed by atoms with van der Waals surface area (Å²) in [5.41, 5.74) is 6.93. The Morgan fingerprint density at radius 2 is 1.74 bits per heavy atom. The Balaban J connectivity index is 1.70. The molecule has 0 aliphatic carbocycles. The van der Waals surface area contributed by atoms with Gasteiger partial charge in [-0.3, -0.25) is 25.2 Å². The van der Waals surface area contributed by atoms with E-state index < -0.39 is 24.4 Å². The topological polar surface area (TPSA) is 84.5 Å². The number of halogens is 1. The maximum atomic E-state index is 11.8. The van der Waals surface area contributed by atoms with E-state index in [4.69, 9.17) is 16.3 Å². The van der Waals surface area contributed by atoms with E-state index in [1.54, 1.807) is 12.1 Å². The Kier molecular flexibility index (Phi) is 7.69. The quantitative estimate of drug-likeness (QED) is 0.437. The van der Waals surface area contributed by atoms with Gasteiger partial charge in [-0.15, -0.1) is 11.8 Å². The molecule has 6 nitrogen and oxygen atoms in total. The molecule has 0 unspecified atom stereocenters. The molecule has 2 rings (SSSR count). The molecule has 2 amide bonds. The molecule has 0 atom stereocenters. The zero-order valence-corrected chi connectivity index (χ0v) is 16.4. The molecule has 0 aliphatic heterocycles. The summed E-state index contributed by atoms with van der Waals surface area (Å²) in [6, 6.07) is 12.1. The van der Waals surface area contributed by atoms with Crippen LogP contribution in [0, 0.1) is 13.8 Å². The number of hydrazine groups is 1. The lowest BCUT2D eigenvalue weighted by Gasteiger charge is -2.09. The van der Waals surface area contributed by atoms with E-state index in [0.717, 1.165) is 16.0 Å². The monoisotopic (exact) mass is 406 g/mol. The lowest BCUT2D eigenvalue weighted by molar-refractivity contribution is -0.146. The number of amides is 2. The highest BCUT2D eigenvalue weighted by atomic mass is 35.5. The minimum absolute atomic E-state index is 0.0920. The molecule has 8 heteroatoms. The molecule has 0 radical (unpaired) electrons. The smallest absolute Gasteiger partial charge is 0.316 e. The minimum atomic E-state index is -0.637. The van der Waals surface area contributed by atoms with Gasteiger partial charge in [-0.25, -0.2) is 0 Å². The van der Waals surface area contributed by atoms with Crippen molar-refractivity contribution in [2.45, 2.75) is 18.7 Å². The SMILES string of the molecule is Cc1ccc(C)c(SCC(=O)OCC(=O)NNC(=O)c2ccc(Cl)cc2)c1. The van der Waals surface area contributed by atoms with Crippen LogP contribution >= 0.6 is 23.4 Å². The van der Waals surface area contributed by atoms with Gasteiger partial charge in [-0.1, -0.05) is 29.3 Å². The number of esters is 1. The Morgan fingerprint density at radius 3 is 2.44 bits per heavy atom. The molecule has 2 aromatic rings. The number of benzene rings is 2. The minimum Gasteiger partial charge on any atom is -0.455 e. The molecule has 2 aromatic carbocycles. The number of thioether (sulfide) groups is 1. The second-order valence-electron chi connectivity index (χ2n) is 5.73. The number of hydrogen-bond acceptors (Lipinski definition) is 5. The van der Waals surface area contributed by atoms with Crippen LogP contribution < -0.4 is 10.9 Å². The third-order valence-electron chi connectivity index (χ3n) is 3.48. The molecule has 0 heterocycles. The van der Waals surface area contributed by atoms with Crippen LogP contribution in [0.4, 0.5) is 0 Å². The fraction of sp³-hybridized carbons (Fsp3) is 0.211. The average Bonchev–Trinajstić information content (AvgIpc) is 2.65. The van der Waals surface area contributed by atoms with Crippen molar-refractivity contribution in [1.82, 2.24) is 10.9 Å². The van der Waals surface area contributed by atoms with Crippen LogP contribution in [0.2, 0.25) is 5.02 Å². The van der Waals surface area contributed by atoms with Gasteiger partial charge in [0.05, 0.1) is 5.75 Å². The van der Waals surface area contributed by atoms with Gasteiger partial charge in [0.15, 0.2) is 6.61 Å². The summed E-state index contributed by atoms with van der Waals surface area (Å²) in [6.45, 7) is 3.46. The Labute approximate surface area is 166 Å². The van der Waals surface area contributed by atoms with Crippen molar-refractivity contribution in [3.63, 3.8) is 0 Å². The predicted molar refractivity (Wildman–Crippen MR) is 105 cm³/mol. The van der Waals surface area contributed by atoms with Crippen LogP contribution in [0.15, 0.2) is 47.4 Å². The average molecular weight is 407 g/mol. The van der Waals surface area contributed by atoms with Crippen LogP contribution in [0.1, 0.15) is 21.5 Å². The molecule has 2 N–H and O–H groups in total. The van der Waals surface area contributed by atoms with Crippen molar-refractivity contribution in [2.24, 2.45) is 0 Å². The number of carbonyl (C=O) groups excluding carboxylic acids is 3. The summed E-state index contributed by atoms with van der Waals surface area (Å²) in [5.74, 6) is -1.56. The number of rotatable bonds is 6. The summed E-state index contributed by atoms with van der Waals surface area (Å²) in [6.07, 6.45) is 0. The van der Waals surface area contributed by atoms with Gasteiger partial charge in [0.2, 0.25) is 0 Å². The van der Waals surface area contributed by atoms with Crippen molar-refractivity contribution >= 4 is 41.1 Å². The highest BCUT2D eigenvalue weighted by Gasteiger charge is 2.11. The van der Waals surface area contributed by atoms with E-state index in [-0.39, 0.29) is 5.75 Å². The molecule has 0 aliphatic rings. The van der Waals surface area contributed by atoms with Crippen molar-refractivity contribution in [1.29, 1.82) is 0 Å². The summed E-state index contributed by atoms with van der Waals surface area (Å²) in [7, 11) is 0. The molecule has 0 bridgehead atoms. The Hall–Kier alpha value is -2.51. The molecule has 0 aromatic heterocycles. The highest BCUT2D eigenvalue weighted by molar-refractivity contribution is 8.00. The summed E-state index contributed by atoms with van der Waals surface area (Å²) >= 11 is 7.10. The number of hydrogen-bond donors (Lipinski definition) is 2. The first kappa shape index (κ1) is 20.8. The molecule has 0 saturated heterocycles. The molecule has 0 spiro atoms. The van der Waals surface area contributed by atoms with Crippen molar-refractivity contribution < 1.29 is 19.1 Å². The summed E-state index contributed by atoms with van der Waals surface area (Å²) in [4.78, 5) is 36.3. The van der Waals surface area contributed by atoms with E-state index >= 15 is 0 Å². The number of nitrogens with one attached hydrogen (secondary N) is 2. The van der Waals surface area contributed by atoms with Gasteiger partial charge in [0, 0.05) is 15.5 Å². The van der Waals surface area contributed by atoms with Crippen LogP contribution in [-0.4, -0.2) is 30.1 Å². The van der Waals surface area contributed by atoms with Gasteiger partial charge >= 0.3 is 5.97 Å². The number of carbonyl (C=O) groups is 3. The van der Waals surface area contributed by atoms with Crippen molar-refractivity contribution in [2.75, 3.05) is 12.4 Å². The molecule has 27 heavy (non-hydrogen) atoms. The van der Waals surface area contributed by atoms with Gasteiger partial charge in [-0.2, -0.15) is 0 Å². The van der Waals surface area contributed by atoms with Gasteiger partial charge in [0.1, 0.15) is 0 Å². The van der Waals surface area contributed by atoms with Crippen LogP contribution in [-0.2, 0) is 14.3 Å². The lowest BCUT2D eigenvalue weighted by Crippen LogP contribution is -2.43. The standard InChI is InChI=1S/C19H19ClN2O4S/c1-12-3-4-13(2)16(9-12)27-11-18(24)26-10-17(23)21-22-19(25)14-5-7-15(20)8-6-14/h3-9H,10-11H2,1-2H3,(H,21,23)(H,22,25). The third kappa shape index (κ3) is 6.96. The van der Waals surface area contributed by atoms with Gasteiger partial charge in [-0.05, 0) is 49.7 Å². The van der Waals surface area contributed by atoms with E-state index in [9.17, 15) is 14.4 Å². The Morgan fingerprint density at radius 1 is 1.04 bits per heavy atom. The Bertz CT molecular complexity index is 840. The summed E-state index contributed by atoms with van der Waals surface area (Å²) < 4.78 is 4.91. The zero-order chi connectivity index (χ0) is 19.8. The van der Waals surface area contributed by atoms with Crippen LogP contribution in [0.25, 0.3) is 0 Å². The third-order valence-corrected chi connectivity index (χ3v) is 4.86. The maximum Gasteiger partial charge on any atom is 0.316 e. The largest absolute Gasteiger partial charge is 0.455 e. The first-order chi connectivity index (χ1) is 12.8. The predicted octanol–water partition coefficient (Wildman–Crippen LogP) is 3.05. The second-order valence-corrected chi connectivity index (χ2v) is 7.18. The fourth-order valence-electron chi connectivity index (χ4n) is 2.02.